The molecule has 0 radical (unpaired) electrons. The van der Waals surface area contributed by atoms with Crippen molar-refractivity contribution in [3.63, 3.8) is 0 Å². The Morgan fingerprint density at radius 3 is 2.33 bits per heavy atom. The topological polar surface area (TPSA) is 26.3 Å². The molecule has 0 bridgehead atoms. The molecule has 1 fully saturated rings. The Kier molecular flexibility index (Phi) is 4.15. The zero-order valence-electron chi connectivity index (χ0n) is 11.9. The van der Waals surface area contributed by atoms with Gasteiger partial charge in [0.15, 0.2) is 5.78 Å². The third-order valence-electron chi connectivity index (χ3n) is 3.68. The average molecular weight is 278 g/mol. The highest BCUT2D eigenvalue weighted by Gasteiger charge is 2.27. The van der Waals surface area contributed by atoms with Gasteiger partial charge >= 0.3 is 0 Å². The molecule has 3 rings (SSSR count). The summed E-state index contributed by atoms with van der Waals surface area (Å²) in [6.07, 6.45) is 4.22. The summed E-state index contributed by atoms with van der Waals surface area (Å²) in [7, 11) is 0. The van der Waals surface area contributed by atoms with Crippen LogP contribution in [0.3, 0.4) is 0 Å². The number of ether oxygens (including phenoxy) is 1. The molecule has 1 aliphatic rings. The van der Waals surface area contributed by atoms with Crippen LogP contribution < -0.4 is 4.74 Å². The number of carbonyl (C=O) groups is 1. The largest absolute Gasteiger partial charge is 0.486 e. The summed E-state index contributed by atoms with van der Waals surface area (Å²) in [4.78, 5) is 12.3. The first kappa shape index (κ1) is 13.6. The average Bonchev–Trinajstić information content (AvgIpc) is 2.53. The van der Waals surface area contributed by atoms with Crippen LogP contribution in [0.1, 0.15) is 24.8 Å². The Morgan fingerprint density at radius 2 is 1.62 bits per heavy atom. The van der Waals surface area contributed by atoms with Crippen LogP contribution in [0, 0.1) is 0 Å². The van der Waals surface area contributed by atoms with Crippen molar-refractivity contribution in [1.29, 1.82) is 0 Å². The highest BCUT2D eigenvalue weighted by molar-refractivity contribution is 6.01. The number of Topliss-reactive ketones (excluding diaryl/α,β-unsaturated/α-hetero) is 1. The summed E-state index contributed by atoms with van der Waals surface area (Å²) in [5.74, 6) is 1.02. The van der Waals surface area contributed by atoms with Gasteiger partial charge in [-0.1, -0.05) is 48.5 Å². The highest BCUT2D eigenvalue weighted by Crippen LogP contribution is 2.27. The van der Waals surface area contributed by atoms with Gasteiger partial charge in [0.1, 0.15) is 11.9 Å². The van der Waals surface area contributed by atoms with Gasteiger partial charge in [-0.15, -0.1) is 0 Å². The predicted octanol–water partition coefficient (Wildman–Crippen LogP) is 4.27. The maximum Gasteiger partial charge on any atom is 0.162 e. The molecule has 0 spiro atoms. The lowest BCUT2D eigenvalue weighted by Crippen LogP contribution is -2.28. The molecule has 0 saturated heterocycles. The molecular weight excluding hydrogens is 260 g/mol. The third-order valence-corrected chi connectivity index (χ3v) is 3.68. The van der Waals surface area contributed by atoms with Gasteiger partial charge < -0.3 is 4.74 Å². The monoisotopic (exact) mass is 278 g/mol. The second kappa shape index (κ2) is 6.40. The Labute approximate surface area is 125 Å². The van der Waals surface area contributed by atoms with Gasteiger partial charge in [0, 0.05) is 12.0 Å². The van der Waals surface area contributed by atoms with Crippen LogP contribution in [0.25, 0.3) is 6.08 Å². The molecular formula is C19H18O2. The van der Waals surface area contributed by atoms with E-state index in [9.17, 15) is 4.79 Å². The van der Waals surface area contributed by atoms with Crippen LogP contribution >= 0.6 is 0 Å². The summed E-state index contributed by atoms with van der Waals surface area (Å²) in [5.41, 5.74) is 1.83. The van der Waals surface area contributed by atoms with Crippen molar-refractivity contribution >= 4 is 11.9 Å². The second-order valence-electron chi connectivity index (χ2n) is 5.25. The Bertz CT molecular complexity index is 629. The van der Waals surface area contributed by atoms with Gasteiger partial charge in [-0.05, 0) is 36.6 Å². The lowest BCUT2D eigenvalue weighted by Gasteiger charge is -2.25. The van der Waals surface area contributed by atoms with Gasteiger partial charge in [0.05, 0.1) is 0 Å². The highest BCUT2D eigenvalue weighted by atomic mass is 16.5. The number of ketones is 1. The SMILES string of the molecule is O=C1CCCC(Oc2ccccc2)/C1=C/c1ccccc1. The molecule has 0 N–H and O–H groups in total. The van der Waals surface area contributed by atoms with Crippen molar-refractivity contribution in [3.05, 3.63) is 71.8 Å². The van der Waals surface area contributed by atoms with Crippen molar-refractivity contribution in [3.8, 4) is 5.75 Å². The summed E-state index contributed by atoms with van der Waals surface area (Å²) in [5, 5.41) is 0. The van der Waals surface area contributed by atoms with Crippen molar-refractivity contribution in [2.45, 2.75) is 25.4 Å². The third kappa shape index (κ3) is 3.40. The maximum atomic E-state index is 12.3. The van der Waals surface area contributed by atoms with E-state index < -0.39 is 0 Å². The molecule has 2 heteroatoms. The zero-order valence-corrected chi connectivity index (χ0v) is 11.9. The molecule has 2 aromatic carbocycles. The van der Waals surface area contributed by atoms with Crippen molar-refractivity contribution < 1.29 is 9.53 Å². The number of hydrogen-bond acceptors (Lipinski definition) is 2. The fourth-order valence-electron chi connectivity index (χ4n) is 2.62. The summed E-state index contributed by atoms with van der Waals surface area (Å²) < 4.78 is 6.02. The van der Waals surface area contributed by atoms with E-state index >= 15 is 0 Å². The molecule has 2 aromatic rings. The molecule has 1 aliphatic carbocycles. The molecule has 21 heavy (non-hydrogen) atoms. The molecule has 0 amide bonds. The fraction of sp³-hybridized carbons (Fsp3) is 0.211. The second-order valence-corrected chi connectivity index (χ2v) is 5.25. The van der Waals surface area contributed by atoms with Crippen LogP contribution in [0.5, 0.6) is 5.75 Å². The number of carbonyl (C=O) groups excluding carboxylic acids is 1. The van der Waals surface area contributed by atoms with Crippen molar-refractivity contribution in [2.75, 3.05) is 0 Å². The van der Waals surface area contributed by atoms with Crippen molar-refractivity contribution in [1.82, 2.24) is 0 Å². The van der Waals surface area contributed by atoms with Crippen LogP contribution in [0.2, 0.25) is 0 Å². The summed E-state index contributed by atoms with van der Waals surface area (Å²) >= 11 is 0. The molecule has 1 saturated carbocycles. The van der Waals surface area contributed by atoms with E-state index in [1.807, 2.05) is 66.7 Å². The normalized spacial score (nSPS) is 20.5. The molecule has 106 valence electrons. The minimum Gasteiger partial charge on any atom is -0.486 e. The fourth-order valence-corrected chi connectivity index (χ4v) is 2.62. The number of benzene rings is 2. The molecule has 2 nitrogen and oxygen atoms in total. The molecule has 0 heterocycles. The van der Waals surface area contributed by atoms with E-state index in [1.54, 1.807) is 0 Å². The Hall–Kier alpha value is -2.35. The predicted molar refractivity (Wildman–Crippen MR) is 84.1 cm³/mol. The molecule has 0 aliphatic heterocycles. The summed E-state index contributed by atoms with van der Waals surface area (Å²) in [6, 6.07) is 19.7. The van der Waals surface area contributed by atoms with Crippen LogP contribution in [-0.4, -0.2) is 11.9 Å². The number of hydrogen-bond donors (Lipinski definition) is 0. The van der Waals surface area contributed by atoms with Crippen molar-refractivity contribution in [2.24, 2.45) is 0 Å². The van der Waals surface area contributed by atoms with E-state index in [0.29, 0.717) is 6.42 Å². The van der Waals surface area contributed by atoms with Gasteiger partial charge in [-0.3, -0.25) is 4.79 Å². The summed E-state index contributed by atoms with van der Waals surface area (Å²) in [6.45, 7) is 0. The Balaban J connectivity index is 1.86. The minimum absolute atomic E-state index is 0.145. The van der Waals surface area contributed by atoms with Gasteiger partial charge in [0.2, 0.25) is 0 Å². The first-order valence-corrected chi connectivity index (χ1v) is 7.34. The molecule has 0 aromatic heterocycles. The van der Waals surface area contributed by atoms with Gasteiger partial charge in [-0.25, -0.2) is 0 Å². The van der Waals surface area contributed by atoms with Crippen LogP contribution in [0.15, 0.2) is 66.2 Å². The number of para-hydroxylation sites is 1. The zero-order chi connectivity index (χ0) is 14.5. The van der Waals surface area contributed by atoms with E-state index in [4.69, 9.17) is 4.74 Å². The van der Waals surface area contributed by atoms with E-state index in [0.717, 1.165) is 29.7 Å². The maximum absolute atomic E-state index is 12.3. The van der Waals surface area contributed by atoms with Gasteiger partial charge in [0.25, 0.3) is 0 Å². The minimum atomic E-state index is -0.145. The lowest BCUT2D eigenvalue weighted by molar-refractivity contribution is -0.117. The Morgan fingerprint density at radius 1 is 0.952 bits per heavy atom. The molecule has 1 atom stereocenters. The lowest BCUT2D eigenvalue weighted by atomic mass is 9.89. The van der Waals surface area contributed by atoms with Crippen LogP contribution in [-0.2, 0) is 4.79 Å². The van der Waals surface area contributed by atoms with Gasteiger partial charge in [-0.2, -0.15) is 0 Å². The first-order valence-electron chi connectivity index (χ1n) is 7.34. The first-order chi connectivity index (χ1) is 10.3. The van der Waals surface area contributed by atoms with E-state index in [1.165, 1.54) is 0 Å². The quantitative estimate of drug-likeness (QED) is 0.784. The standard InChI is InChI=1S/C19H18O2/c20-18-12-7-13-19(21-16-10-5-2-6-11-16)17(18)14-15-8-3-1-4-9-15/h1-6,8-11,14,19H,7,12-13H2/b17-14+. The molecule has 1 unspecified atom stereocenters. The van der Waals surface area contributed by atoms with Crippen LogP contribution in [0.4, 0.5) is 0 Å². The van der Waals surface area contributed by atoms with E-state index in [2.05, 4.69) is 0 Å². The van der Waals surface area contributed by atoms with E-state index in [-0.39, 0.29) is 11.9 Å². The number of rotatable bonds is 3. The smallest absolute Gasteiger partial charge is 0.162 e.